The van der Waals surface area contributed by atoms with Crippen LogP contribution in [0.1, 0.15) is 42.5 Å². The standard InChI is InChI=1S/C23H28N4O3/c1-14-4-7-18(12-21(14)30-3)27-20-10-11-25-15(2)19(20)13-26(23(27)29)17-8-5-16(6-9-17)22(24)28/h4,7,10-12,16-17H,5-6,8-9,13H2,1-3H3,(H2,24,28). The second-order valence-electron chi connectivity index (χ2n) is 8.20. The molecule has 2 heterocycles. The highest BCUT2D eigenvalue weighted by Gasteiger charge is 2.38. The van der Waals surface area contributed by atoms with Crippen LogP contribution in [0.25, 0.3) is 0 Å². The van der Waals surface area contributed by atoms with Gasteiger partial charge in [0.15, 0.2) is 0 Å². The summed E-state index contributed by atoms with van der Waals surface area (Å²) < 4.78 is 5.49. The third-order valence-electron chi connectivity index (χ3n) is 6.44. The number of carbonyl (C=O) groups is 2. The summed E-state index contributed by atoms with van der Waals surface area (Å²) in [5.41, 5.74) is 10.1. The molecule has 1 saturated carbocycles. The van der Waals surface area contributed by atoms with E-state index in [2.05, 4.69) is 4.98 Å². The fourth-order valence-corrected chi connectivity index (χ4v) is 4.61. The van der Waals surface area contributed by atoms with E-state index in [9.17, 15) is 9.59 Å². The molecule has 2 aliphatic rings. The summed E-state index contributed by atoms with van der Waals surface area (Å²) in [6, 6.07) is 7.74. The molecule has 1 aliphatic carbocycles. The van der Waals surface area contributed by atoms with Crippen molar-refractivity contribution < 1.29 is 14.3 Å². The van der Waals surface area contributed by atoms with Gasteiger partial charge in [0.05, 0.1) is 25.0 Å². The van der Waals surface area contributed by atoms with Crippen LogP contribution in [0.3, 0.4) is 0 Å². The zero-order chi connectivity index (χ0) is 21.4. The predicted molar refractivity (Wildman–Crippen MR) is 115 cm³/mol. The Hall–Kier alpha value is -3.09. The van der Waals surface area contributed by atoms with E-state index in [0.717, 1.165) is 59.6 Å². The highest BCUT2D eigenvalue weighted by atomic mass is 16.5. The van der Waals surface area contributed by atoms with Gasteiger partial charge in [-0.2, -0.15) is 0 Å². The molecule has 0 atom stereocenters. The molecule has 0 radical (unpaired) electrons. The van der Waals surface area contributed by atoms with Gasteiger partial charge in [-0.05, 0) is 57.2 Å². The smallest absolute Gasteiger partial charge is 0.329 e. The van der Waals surface area contributed by atoms with Crippen molar-refractivity contribution in [1.82, 2.24) is 9.88 Å². The normalized spacial score (nSPS) is 21.4. The number of hydrogen-bond donors (Lipinski definition) is 1. The third-order valence-corrected chi connectivity index (χ3v) is 6.44. The van der Waals surface area contributed by atoms with Gasteiger partial charge >= 0.3 is 6.03 Å². The van der Waals surface area contributed by atoms with Crippen molar-refractivity contribution in [3.8, 4) is 5.75 Å². The molecule has 2 aromatic rings. The van der Waals surface area contributed by atoms with Gasteiger partial charge in [0, 0.05) is 35.5 Å². The number of ether oxygens (including phenoxy) is 1. The molecule has 3 amide bonds. The lowest BCUT2D eigenvalue weighted by molar-refractivity contribution is -0.123. The Kier molecular flexibility index (Phi) is 5.37. The number of anilines is 2. The van der Waals surface area contributed by atoms with Crippen molar-refractivity contribution in [2.45, 2.75) is 52.1 Å². The molecular formula is C23H28N4O3. The van der Waals surface area contributed by atoms with Crippen LogP contribution in [0.4, 0.5) is 16.2 Å². The Bertz CT molecular complexity index is 982. The highest BCUT2D eigenvalue weighted by molar-refractivity contribution is 6.02. The molecule has 158 valence electrons. The number of amides is 3. The molecule has 1 aliphatic heterocycles. The minimum absolute atomic E-state index is 0.0541. The van der Waals surface area contributed by atoms with Gasteiger partial charge in [0.2, 0.25) is 5.91 Å². The minimum Gasteiger partial charge on any atom is -0.496 e. The number of aryl methyl sites for hydroxylation is 2. The average Bonchev–Trinajstić information content (AvgIpc) is 2.74. The molecule has 0 unspecified atom stereocenters. The first-order chi connectivity index (χ1) is 14.4. The van der Waals surface area contributed by atoms with E-state index in [0.29, 0.717) is 6.54 Å². The van der Waals surface area contributed by atoms with Gasteiger partial charge in [-0.1, -0.05) is 6.07 Å². The zero-order valence-corrected chi connectivity index (χ0v) is 17.7. The summed E-state index contributed by atoms with van der Waals surface area (Å²) in [5.74, 6) is 0.415. The number of primary amides is 1. The van der Waals surface area contributed by atoms with E-state index in [1.807, 2.05) is 43.0 Å². The van der Waals surface area contributed by atoms with Crippen LogP contribution < -0.4 is 15.4 Å². The Morgan fingerprint density at radius 2 is 1.90 bits per heavy atom. The highest BCUT2D eigenvalue weighted by Crippen LogP contribution is 2.40. The van der Waals surface area contributed by atoms with Crippen LogP contribution in [0.15, 0.2) is 30.5 Å². The topological polar surface area (TPSA) is 88.8 Å². The monoisotopic (exact) mass is 408 g/mol. The number of pyridine rings is 1. The van der Waals surface area contributed by atoms with Crippen LogP contribution in [-0.2, 0) is 11.3 Å². The van der Waals surface area contributed by atoms with Crippen LogP contribution >= 0.6 is 0 Å². The molecule has 1 aromatic heterocycles. The van der Waals surface area contributed by atoms with Crippen molar-refractivity contribution in [3.63, 3.8) is 0 Å². The molecule has 2 N–H and O–H groups in total. The number of aromatic nitrogens is 1. The molecular weight excluding hydrogens is 380 g/mol. The predicted octanol–water partition coefficient (Wildman–Crippen LogP) is 3.82. The number of nitrogens with zero attached hydrogens (tertiary/aromatic N) is 3. The van der Waals surface area contributed by atoms with Crippen molar-refractivity contribution in [3.05, 3.63) is 47.3 Å². The van der Waals surface area contributed by atoms with Gasteiger partial charge < -0.3 is 15.4 Å². The Morgan fingerprint density at radius 1 is 1.17 bits per heavy atom. The van der Waals surface area contributed by atoms with Crippen molar-refractivity contribution in [2.75, 3.05) is 12.0 Å². The number of rotatable bonds is 4. The van der Waals surface area contributed by atoms with E-state index in [1.165, 1.54) is 0 Å². The van der Waals surface area contributed by atoms with E-state index < -0.39 is 0 Å². The second kappa shape index (κ2) is 7.97. The van der Waals surface area contributed by atoms with Gasteiger partial charge in [0.25, 0.3) is 0 Å². The number of urea groups is 1. The Balaban J connectivity index is 1.72. The lowest BCUT2D eigenvalue weighted by atomic mass is 9.84. The van der Waals surface area contributed by atoms with Crippen molar-refractivity contribution in [1.29, 1.82) is 0 Å². The second-order valence-corrected chi connectivity index (χ2v) is 8.20. The van der Waals surface area contributed by atoms with Gasteiger partial charge in [-0.15, -0.1) is 0 Å². The van der Waals surface area contributed by atoms with E-state index in [1.54, 1.807) is 18.2 Å². The fourth-order valence-electron chi connectivity index (χ4n) is 4.61. The maximum atomic E-state index is 13.7. The Morgan fingerprint density at radius 3 is 2.57 bits per heavy atom. The number of carbonyl (C=O) groups excluding carboxylic acids is 2. The summed E-state index contributed by atoms with van der Waals surface area (Å²) in [6.07, 6.45) is 4.74. The summed E-state index contributed by atoms with van der Waals surface area (Å²) in [4.78, 5) is 33.4. The van der Waals surface area contributed by atoms with E-state index >= 15 is 0 Å². The van der Waals surface area contributed by atoms with Crippen LogP contribution in [0.5, 0.6) is 5.75 Å². The fraction of sp³-hybridized carbons (Fsp3) is 0.435. The number of methoxy groups -OCH3 is 1. The molecule has 7 nitrogen and oxygen atoms in total. The molecule has 1 fully saturated rings. The molecule has 4 rings (SSSR count). The molecule has 30 heavy (non-hydrogen) atoms. The zero-order valence-electron chi connectivity index (χ0n) is 17.7. The molecule has 0 saturated heterocycles. The first kappa shape index (κ1) is 20.2. The third kappa shape index (κ3) is 3.49. The van der Waals surface area contributed by atoms with E-state index in [4.69, 9.17) is 10.5 Å². The number of nitrogens with two attached hydrogens (primary N) is 1. The van der Waals surface area contributed by atoms with Crippen molar-refractivity contribution >= 4 is 23.3 Å². The lowest BCUT2D eigenvalue weighted by Crippen LogP contribution is -2.51. The summed E-state index contributed by atoms with van der Waals surface area (Å²) in [6.45, 7) is 4.48. The maximum absolute atomic E-state index is 13.7. The number of hydrogen-bond acceptors (Lipinski definition) is 4. The maximum Gasteiger partial charge on any atom is 0.329 e. The summed E-state index contributed by atoms with van der Waals surface area (Å²) >= 11 is 0. The molecule has 7 heteroatoms. The summed E-state index contributed by atoms with van der Waals surface area (Å²) in [7, 11) is 1.63. The number of fused-ring (bicyclic) bond motifs is 1. The summed E-state index contributed by atoms with van der Waals surface area (Å²) in [5, 5.41) is 0. The first-order valence-electron chi connectivity index (χ1n) is 10.4. The largest absolute Gasteiger partial charge is 0.496 e. The van der Waals surface area contributed by atoms with Crippen LogP contribution in [0, 0.1) is 19.8 Å². The van der Waals surface area contributed by atoms with Gasteiger partial charge in [0.1, 0.15) is 5.75 Å². The van der Waals surface area contributed by atoms with Crippen molar-refractivity contribution in [2.24, 2.45) is 11.7 Å². The van der Waals surface area contributed by atoms with Gasteiger partial charge in [-0.3, -0.25) is 14.7 Å². The van der Waals surface area contributed by atoms with Gasteiger partial charge in [-0.25, -0.2) is 4.79 Å². The molecule has 0 bridgehead atoms. The minimum atomic E-state index is -0.239. The SMILES string of the molecule is COc1cc(N2C(=O)N(C3CCC(C(N)=O)CC3)Cc3c2ccnc3C)ccc1C. The number of benzene rings is 1. The lowest BCUT2D eigenvalue weighted by Gasteiger charge is -2.43. The average molecular weight is 409 g/mol. The Labute approximate surface area is 176 Å². The van der Waals surface area contributed by atoms with Crippen LogP contribution in [0.2, 0.25) is 0 Å². The van der Waals surface area contributed by atoms with E-state index in [-0.39, 0.29) is 23.9 Å². The molecule has 1 aromatic carbocycles. The van der Waals surface area contributed by atoms with Crippen LogP contribution in [-0.4, -0.2) is 35.0 Å². The quantitative estimate of drug-likeness (QED) is 0.833. The first-order valence-corrected chi connectivity index (χ1v) is 10.4. The molecule has 0 spiro atoms.